The van der Waals surface area contributed by atoms with Gasteiger partial charge in [-0.15, -0.1) is 0 Å². The Bertz CT molecular complexity index is 575. The normalized spacial score (nSPS) is 11.2. The van der Waals surface area contributed by atoms with Crippen molar-refractivity contribution in [2.24, 2.45) is 0 Å². The van der Waals surface area contributed by atoms with Crippen LogP contribution < -0.4 is 5.32 Å². The summed E-state index contributed by atoms with van der Waals surface area (Å²) < 4.78 is 1.14. The van der Waals surface area contributed by atoms with Crippen molar-refractivity contribution >= 4 is 32.6 Å². The van der Waals surface area contributed by atoms with E-state index in [0.717, 1.165) is 23.1 Å². The summed E-state index contributed by atoms with van der Waals surface area (Å²) >= 11 is 1.55. The summed E-state index contributed by atoms with van der Waals surface area (Å²) in [6.07, 6.45) is 2.53. The Hall–Kier alpha value is -1.42. The van der Waals surface area contributed by atoms with Crippen molar-refractivity contribution in [1.29, 1.82) is 0 Å². The van der Waals surface area contributed by atoms with Crippen LogP contribution in [-0.4, -0.2) is 10.9 Å². The molecular formula is C15H20N2OS. The molecule has 1 aromatic heterocycles. The fourth-order valence-electron chi connectivity index (χ4n) is 2.01. The first-order valence-electron chi connectivity index (χ1n) is 6.81. The zero-order valence-corrected chi connectivity index (χ0v) is 12.5. The summed E-state index contributed by atoms with van der Waals surface area (Å²) in [5.74, 6) is 0.501. The van der Waals surface area contributed by atoms with Gasteiger partial charge in [-0.05, 0) is 24.0 Å². The maximum atomic E-state index is 11.7. The van der Waals surface area contributed by atoms with Gasteiger partial charge in [-0.1, -0.05) is 50.7 Å². The van der Waals surface area contributed by atoms with Gasteiger partial charge in [-0.25, -0.2) is 4.98 Å². The van der Waals surface area contributed by atoms with Crippen molar-refractivity contribution in [3.63, 3.8) is 0 Å². The van der Waals surface area contributed by atoms with Gasteiger partial charge in [0.05, 0.1) is 10.2 Å². The molecular weight excluding hydrogens is 256 g/mol. The molecule has 0 saturated heterocycles. The number of aromatic nitrogens is 1. The molecule has 0 aliphatic rings. The molecule has 0 spiro atoms. The molecule has 2 aromatic rings. The zero-order valence-electron chi connectivity index (χ0n) is 11.7. The van der Waals surface area contributed by atoms with Gasteiger partial charge in [0.15, 0.2) is 5.13 Å². The van der Waals surface area contributed by atoms with E-state index in [1.807, 2.05) is 0 Å². The molecule has 0 unspecified atom stereocenters. The van der Waals surface area contributed by atoms with Gasteiger partial charge in [0.1, 0.15) is 0 Å². The molecule has 0 fully saturated rings. The van der Waals surface area contributed by atoms with Gasteiger partial charge in [-0.3, -0.25) is 4.79 Å². The van der Waals surface area contributed by atoms with Gasteiger partial charge >= 0.3 is 0 Å². The van der Waals surface area contributed by atoms with E-state index in [-0.39, 0.29) is 5.91 Å². The molecule has 0 aliphatic carbocycles. The average Bonchev–Trinajstić information content (AvgIpc) is 2.77. The van der Waals surface area contributed by atoms with E-state index in [1.54, 1.807) is 11.3 Å². The molecule has 102 valence electrons. The summed E-state index contributed by atoms with van der Waals surface area (Å²) in [5.41, 5.74) is 2.26. The fraction of sp³-hybridized carbons (Fsp3) is 0.467. The van der Waals surface area contributed by atoms with Crippen molar-refractivity contribution in [2.45, 2.75) is 46.0 Å². The third kappa shape index (κ3) is 3.32. The highest BCUT2D eigenvalue weighted by Gasteiger charge is 2.11. The molecule has 2 rings (SSSR count). The second kappa shape index (κ2) is 6.15. The van der Waals surface area contributed by atoms with Crippen molar-refractivity contribution in [3.8, 4) is 0 Å². The standard InChI is InChI=1S/C15H20N2OS/c1-4-5-9-13(18)16-15-17-14-11(10(2)3)7-6-8-12(14)19-15/h6-8,10H,4-5,9H2,1-3H3,(H,16,17,18). The third-order valence-corrected chi connectivity index (χ3v) is 4.01. The van der Waals surface area contributed by atoms with Crippen LogP contribution in [0.2, 0.25) is 0 Å². The van der Waals surface area contributed by atoms with Gasteiger partial charge in [0, 0.05) is 6.42 Å². The Balaban J connectivity index is 2.22. The molecule has 1 amide bonds. The zero-order chi connectivity index (χ0) is 13.8. The second-order valence-electron chi connectivity index (χ2n) is 5.02. The number of carbonyl (C=O) groups is 1. The average molecular weight is 276 g/mol. The second-order valence-corrected chi connectivity index (χ2v) is 6.05. The Morgan fingerprint density at radius 3 is 2.89 bits per heavy atom. The summed E-state index contributed by atoms with van der Waals surface area (Å²) in [6.45, 7) is 6.40. The number of rotatable bonds is 5. The first-order valence-corrected chi connectivity index (χ1v) is 7.62. The minimum atomic E-state index is 0.0620. The number of hydrogen-bond acceptors (Lipinski definition) is 3. The number of nitrogens with zero attached hydrogens (tertiary/aromatic N) is 1. The van der Waals surface area contributed by atoms with Crippen LogP contribution in [0, 0.1) is 0 Å². The molecule has 0 saturated carbocycles. The maximum Gasteiger partial charge on any atom is 0.226 e. The topological polar surface area (TPSA) is 42.0 Å². The Morgan fingerprint density at radius 2 is 2.21 bits per heavy atom. The molecule has 0 atom stereocenters. The quantitative estimate of drug-likeness (QED) is 0.870. The molecule has 1 heterocycles. The minimum absolute atomic E-state index is 0.0620. The maximum absolute atomic E-state index is 11.7. The monoisotopic (exact) mass is 276 g/mol. The molecule has 0 bridgehead atoms. The van der Waals surface area contributed by atoms with Gasteiger partial charge in [-0.2, -0.15) is 0 Å². The number of carbonyl (C=O) groups excluding carboxylic acids is 1. The summed E-state index contributed by atoms with van der Waals surface area (Å²) in [7, 11) is 0. The lowest BCUT2D eigenvalue weighted by molar-refractivity contribution is -0.116. The van der Waals surface area contributed by atoms with Crippen LogP contribution in [0.3, 0.4) is 0 Å². The van der Waals surface area contributed by atoms with Crippen molar-refractivity contribution < 1.29 is 4.79 Å². The minimum Gasteiger partial charge on any atom is -0.302 e. The van der Waals surface area contributed by atoms with Crippen LogP contribution in [0.4, 0.5) is 5.13 Å². The van der Waals surface area contributed by atoms with E-state index in [0.29, 0.717) is 17.5 Å². The number of benzene rings is 1. The fourth-order valence-corrected chi connectivity index (χ4v) is 2.93. The Labute approximate surface area is 118 Å². The number of unbranched alkanes of at least 4 members (excludes halogenated alkanes) is 1. The number of para-hydroxylation sites is 1. The Kier molecular flexibility index (Phi) is 4.53. The number of fused-ring (bicyclic) bond motifs is 1. The van der Waals surface area contributed by atoms with Crippen LogP contribution in [-0.2, 0) is 4.79 Å². The van der Waals surface area contributed by atoms with Gasteiger partial charge in [0.25, 0.3) is 0 Å². The van der Waals surface area contributed by atoms with Crippen LogP contribution >= 0.6 is 11.3 Å². The summed E-state index contributed by atoms with van der Waals surface area (Å²) in [4.78, 5) is 16.3. The number of amides is 1. The lowest BCUT2D eigenvalue weighted by Crippen LogP contribution is -2.10. The lowest BCUT2D eigenvalue weighted by atomic mass is 10.0. The smallest absolute Gasteiger partial charge is 0.226 e. The van der Waals surface area contributed by atoms with Gasteiger partial charge < -0.3 is 5.32 Å². The molecule has 0 radical (unpaired) electrons. The van der Waals surface area contributed by atoms with E-state index >= 15 is 0 Å². The third-order valence-electron chi connectivity index (χ3n) is 3.08. The van der Waals surface area contributed by atoms with Crippen LogP contribution in [0.5, 0.6) is 0 Å². The molecule has 1 N–H and O–H groups in total. The van der Waals surface area contributed by atoms with Crippen molar-refractivity contribution in [1.82, 2.24) is 4.98 Å². The Morgan fingerprint density at radius 1 is 1.42 bits per heavy atom. The summed E-state index contributed by atoms with van der Waals surface area (Å²) in [5, 5.41) is 3.61. The predicted molar refractivity (Wildman–Crippen MR) is 81.9 cm³/mol. The van der Waals surface area contributed by atoms with E-state index in [9.17, 15) is 4.79 Å². The van der Waals surface area contributed by atoms with Crippen molar-refractivity contribution in [3.05, 3.63) is 23.8 Å². The number of hydrogen-bond donors (Lipinski definition) is 1. The highest BCUT2D eigenvalue weighted by atomic mass is 32.1. The highest BCUT2D eigenvalue weighted by Crippen LogP contribution is 2.31. The predicted octanol–water partition coefficient (Wildman–Crippen LogP) is 4.55. The number of thiazole rings is 1. The highest BCUT2D eigenvalue weighted by molar-refractivity contribution is 7.22. The number of anilines is 1. The van der Waals surface area contributed by atoms with Crippen LogP contribution in [0.15, 0.2) is 18.2 Å². The van der Waals surface area contributed by atoms with E-state index in [1.165, 1.54) is 5.56 Å². The van der Waals surface area contributed by atoms with Crippen LogP contribution in [0.25, 0.3) is 10.2 Å². The van der Waals surface area contributed by atoms with Gasteiger partial charge in [0.2, 0.25) is 5.91 Å². The van der Waals surface area contributed by atoms with E-state index in [2.05, 4.69) is 49.3 Å². The SMILES string of the molecule is CCCCC(=O)Nc1nc2c(C(C)C)cccc2s1. The van der Waals surface area contributed by atoms with Crippen molar-refractivity contribution in [2.75, 3.05) is 5.32 Å². The first-order chi connectivity index (χ1) is 9.11. The molecule has 3 nitrogen and oxygen atoms in total. The van der Waals surface area contributed by atoms with E-state index in [4.69, 9.17) is 0 Å². The molecule has 19 heavy (non-hydrogen) atoms. The molecule has 0 aliphatic heterocycles. The molecule has 1 aromatic carbocycles. The van der Waals surface area contributed by atoms with E-state index < -0.39 is 0 Å². The first kappa shape index (κ1) is 14.0. The van der Waals surface area contributed by atoms with Crippen LogP contribution in [0.1, 0.15) is 51.5 Å². The molecule has 4 heteroatoms. The summed E-state index contributed by atoms with van der Waals surface area (Å²) in [6, 6.07) is 6.22. The number of nitrogens with one attached hydrogen (secondary N) is 1. The lowest BCUT2D eigenvalue weighted by Gasteiger charge is -2.04. The largest absolute Gasteiger partial charge is 0.302 e.